The lowest BCUT2D eigenvalue weighted by Gasteiger charge is -2.34. The predicted octanol–water partition coefficient (Wildman–Crippen LogP) is 14.6. The first kappa shape index (κ1) is 34.0. The van der Waals surface area contributed by atoms with Crippen molar-refractivity contribution < 1.29 is 0 Å². The first-order chi connectivity index (χ1) is 28.7. The van der Waals surface area contributed by atoms with Crippen molar-refractivity contribution in [2.24, 2.45) is 0 Å². The van der Waals surface area contributed by atoms with Gasteiger partial charge in [-0.05, 0) is 86.6 Å². The molecule has 4 aromatic carbocycles. The Morgan fingerprint density at radius 3 is 2.00 bits per heavy atom. The van der Waals surface area contributed by atoms with Crippen LogP contribution in [0.25, 0.3) is 67.2 Å². The first-order valence-corrected chi connectivity index (χ1v) is 21.9. The van der Waals surface area contributed by atoms with Crippen LogP contribution < -0.4 is 4.90 Å². The third-order valence-electron chi connectivity index (χ3n) is 13.9. The molecule has 0 spiro atoms. The highest BCUT2D eigenvalue weighted by molar-refractivity contribution is 6.18. The lowest BCUT2D eigenvalue weighted by molar-refractivity contribution is 0.349. The molecule has 5 nitrogen and oxygen atoms in total. The maximum atomic E-state index is 5.75. The lowest BCUT2D eigenvalue weighted by Crippen LogP contribution is -2.23. The molecule has 58 heavy (non-hydrogen) atoms. The number of rotatable bonds is 4. The Morgan fingerprint density at radius 2 is 1.19 bits per heavy atom. The van der Waals surface area contributed by atoms with E-state index in [2.05, 4.69) is 153 Å². The molecule has 286 valence electrons. The second-order valence-electron chi connectivity index (χ2n) is 17.2. The Hall–Kier alpha value is -6.07. The van der Waals surface area contributed by atoms with Crippen LogP contribution in [0.3, 0.4) is 0 Å². The smallest absolute Gasteiger partial charge is 0.141 e. The van der Waals surface area contributed by atoms with Crippen LogP contribution in [0.15, 0.2) is 122 Å². The Labute approximate surface area is 340 Å². The molecule has 2 saturated carbocycles. The zero-order valence-electron chi connectivity index (χ0n) is 33.2. The molecule has 5 heteroatoms. The molecule has 4 aromatic heterocycles. The number of anilines is 3. The molecular weight excluding hydrogens is 707 g/mol. The molecule has 0 amide bonds. The summed E-state index contributed by atoms with van der Waals surface area (Å²) in [5.41, 5.74) is 12.4. The number of aromatic nitrogens is 4. The van der Waals surface area contributed by atoms with Crippen LogP contribution in [0.4, 0.5) is 17.3 Å². The van der Waals surface area contributed by atoms with E-state index >= 15 is 0 Å². The summed E-state index contributed by atoms with van der Waals surface area (Å²) < 4.78 is 7.85. The minimum atomic E-state index is 0.460. The van der Waals surface area contributed by atoms with Gasteiger partial charge < -0.3 is 9.13 Å². The van der Waals surface area contributed by atoms with Crippen molar-refractivity contribution in [2.75, 3.05) is 4.90 Å². The summed E-state index contributed by atoms with van der Waals surface area (Å²) in [4.78, 5) is 8.23. The van der Waals surface area contributed by atoms with Crippen LogP contribution in [0.2, 0.25) is 0 Å². The van der Waals surface area contributed by atoms with Crippen molar-refractivity contribution in [1.82, 2.24) is 18.7 Å². The van der Waals surface area contributed by atoms with Crippen molar-refractivity contribution in [3.05, 3.63) is 144 Å². The number of fused-ring (bicyclic) bond motifs is 10. The van der Waals surface area contributed by atoms with Gasteiger partial charge in [0.2, 0.25) is 0 Å². The molecule has 0 bridgehead atoms. The molecule has 0 saturated heterocycles. The fourth-order valence-electron chi connectivity index (χ4n) is 11.3. The molecule has 12 rings (SSSR count). The van der Waals surface area contributed by atoms with Crippen LogP contribution in [-0.2, 0) is 6.42 Å². The molecule has 5 heterocycles. The van der Waals surface area contributed by atoms with Gasteiger partial charge in [0.05, 0.1) is 22.2 Å². The number of nitrogens with zero attached hydrogens (tertiary/aromatic N) is 5. The third-order valence-corrected chi connectivity index (χ3v) is 13.9. The van der Waals surface area contributed by atoms with Gasteiger partial charge in [-0.2, -0.15) is 0 Å². The van der Waals surface area contributed by atoms with E-state index in [4.69, 9.17) is 4.98 Å². The topological polar surface area (TPSA) is 30.9 Å². The van der Waals surface area contributed by atoms with Gasteiger partial charge in [0.25, 0.3) is 0 Å². The average molecular weight is 756 g/mol. The molecule has 0 N–H and O–H groups in total. The van der Waals surface area contributed by atoms with E-state index in [0.717, 1.165) is 41.3 Å². The molecule has 2 fully saturated rings. The number of pyridine rings is 1. The molecule has 4 aliphatic rings. The summed E-state index contributed by atoms with van der Waals surface area (Å²) in [5.74, 6) is 3.09. The fraction of sp³-hybridized carbons (Fsp3) is 0.264. The van der Waals surface area contributed by atoms with Gasteiger partial charge in [-0.25, -0.2) is 4.98 Å². The first-order valence-electron chi connectivity index (χ1n) is 21.9. The predicted molar refractivity (Wildman–Crippen MR) is 244 cm³/mol. The second-order valence-corrected chi connectivity index (χ2v) is 17.2. The van der Waals surface area contributed by atoms with Crippen LogP contribution in [0, 0.1) is 0 Å². The summed E-state index contributed by atoms with van der Waals surface area (Å²) in [6.07, 6.45) is 24.2. The summed E-state index contributed by atoms with van der Waals surface area (Å²) in [6.45, 7) is 4.61. The number of hydrogen-bond acceptors (Lipinski definition) is 2. The van der Waals surface area contributed by atoms with Crippen molar-refractivity contribution in [3.8, 4) is 5.82 Å². The van der Waals surface area contributed by atoms with E-state index in [1.165, 1.54) is 130 Å². The van der Waals surface area contributed by atoms with E-state index in [-0.39, 0.29) is 0 Å². The standard InChI is InChI=1S/C53H49N5/c1-35-31-32-42-39-22-9-14-27-47(39)56(37-19-6-3-7-20-37)53(42)58(45-25-12-8-21-38(35)45)52-30-16-29-51(54-52)57-48-28-15-11-24-41(48)44-33-49-43(34-50(44)57)40-23-10-13-26-46(40)55(49)36-17-4-2-5-18-36/h8-13,15-16,21-26,28-34,36-37H,1-7,14,17-20,27H2/b32-31-. The van der Waals surface area contributed by atoms with Crippen LogP contribution in [0.1, 0.15) is 105 Å². The summed E-state index contributed by atoms with van der Waals surface area (Å²) in [5, 5.41) is 5.20. The van der Waals surface area contributed by atoms with Crippen molar-refractivity contribution in [1.29, 1.82) is 0 Å². The highest BCUT2D eigenvalue weighted by Crippen LogP contribution is 2.50. The fourth-order valence-corrected chi connectivity index (χ4v) is 11.3. The lowest BCUT2D eigenvalue weighted by atomic mass is 9.94. The van der Waals surface area contributed by atoms with E-state index in [1.807, 2.05) is 0 Å². The van der Waals surface area contributed by atoms with Gasteiger partial charge >= 0.3 is 0 Å². The summed E-state index contributed by atoms with van der Waals surface area (Å²) in [7, 11) is 0. The van der Waals surface area contributed by atoms with Gasteiger partial charge in [0, 0.05) is 61.5 Å². The van der Waals surface area contributed by atoms with Crippen molar-refractivity contribution in [2.45, 2.75) is 89.1 Å². The van der Waals surface area contributed by atoms with E-state index in [1.54, 1.807) is 0 Å². The van der Waals surface area contributed by atoms with E-state index < -0.39 is 0 Å². The van der Waals surface area contributed by atoms with E-state index in [9.17, 15) is 0 Å². The number of benzene rings is 4. The Bertz CT molecular complexity index is 3010. The minimum Gasteiger partial charge on any atom is -0.337 e. The van der Waals surface area contributed by atoms with Gasteiger partial charge in [0.15, 0.2) is 0 Å². The SMILES string of the molecule is C=C1/C=C\c2c3c(n(C4CCCCC4)c2N(c2cccc(-n4c5ccccc5c5cc6c(cc54)c4ccccc4n6C4CCCCC4)n2)c2ccccc21)CCC=C3. The summed E-state index contributed by atoms with van der Waals surface area (Å²) >= 11 is 0. The van der Waals surface area contributed by atoms with Crippen molar-refractivity contribution in [3.63, 3.8) is 0 Å². The number of allylic oxidation sites excluding steroid dienone is 3. The van der Waals surface area contributed by atoms with Gasteiger partial charge in [-0.1, -0.05) is 130 Å². The van der Waals surface area contributed by atoms with E-state index in [0.29, 0.717) is 12.1 Å². The molecule has 1 aliphatic heterocycles. The molecule has 8 aromatic rings. The minimum absolute atomic E-state index is 0.460. The number of hydrogen-bond donors (Lipinski definition) is 0. The Morgan fingerprint density at radius 1 is 0.534 bits per heavy atom. The third kappa shape index (κ3) is 5.11. The summed E-state index contributed by atoms with van der Waals surface area (Å²) in [6, 6.07) is 39.4. The molecule has 3 aliphatic carbocycles. The highest BCUT2D eigenvalue weighted by Gasteiger charge is 2.34. The van der Waals surface area contributed by atoms with Gasteiger partial charge in [-0.3, -0.25) is 9.47 Å². The Kier molecular flexibility index (Phi) is 7.93. The maximum absolute atomic E-state index is 5.75. The van der Waals surface area contributed by atoms with Crippen LogP contribution >= 0.6 is 0 Å². The Balaban J connectivity index is 1.12. The van der Waals surface area contributed by atoms with Gasteiger partial charge in [0.1, 0.15) is 17.5 Å². The molecular formula is C53H49N5. The monoisotopic (exact) mass is 755 g/mol. The van der Waals surface area contributed by atoms with Crippen LogP contribution in [-0.4, -0.2) is 18.7 Å². The highest BCUT2D eigenvalue weighted by atomic mass is 15.3. The quantitative estimate of drug-likeness (QED) is 0.179. The normalized spacial score (nSPS) is 18.1. The largest absolute Gasteiger partial charge is 0.337 e. The zero-order valence-corrected chi connectivity index (χ0v) is 33.2. The van der Waals surface area contributed by atoms with Gasteiger partial charge in [-0.15, -0.1) is 0 Å². The number of para-hydroxylation sites is 3. The maximum Gasteiger partial charge on any atom is 0.141 e. The zero-order chi connectivity index (χ0) is 38.3. The second kappa shape index (κ2) is 13.5. The molecule has 0 atom stereocenters. The average Bonchev–Trinajstić information content (AvgIpc) is 3.90. The van der Waals surface area contributed by atoms with Crippen LogP contribution in [0.5, 0.6) is 0 Å². The molecule has 0 unspecified atom stereocenters. The van der Waals surface area contributed by atoms with Crippen molar-refractivity contribution >= 4 is 78.7 Å². The molecule has 0 radical (unpaired) electrons.